The van der Waals surface area contributed by atoms with E-state index in [0.29, 0.717) is 12.5 Å². The van der Waals surface area contributed by atoms with Crippen molar-refractivity contribution in [3.63, 3.8) is 0 Å². The molecule has 0 heterocycles. The van der Waals surface area contributed by atoms with E-state index in [1.807, 2.05) is 13.8 Å². The van der Waals surface area contributed by atoms with Gasteiger partial charge in [0, 0.05) is 6.54 Å². The van der Waals surface area contributed by atoms with E-state index in [1.165, 1.54) is 5.56 Å². The Hall–Kier alpha value is -1.35. The van der Waals surface area contributed by atoms with E-state index in [2.05, 4.69) is 43.4 Å². The fourth-order valence-electron chi connectivity index (χ4n) is 1.84. The normalized spacial score (nSPS) is 14.2. The summed E-state index contributed by atoms with van der Waals surface area (Å²) in [6.45, 7) is 8.93. The zero-order chi connectivity index (χ0) is 14.4. The van der Waals surface area contributed by atoms with Gasteiger partial charge in [-0.25, -0.2) is 0 Å². The zero-order valence-corrected chi connectivity index (χ0v) is 12.4. The first-order valence-electron chi connectivity index (χ1n) is 7.07. The summed E-state index contributed by atoms with van der Waals surface area (Å²) in [5, 5.41) is 2.90. The highest BCUT2D eigenvalue weighted by Gasteiger charge is 2.18. The number of carbonyl (C=O) groups is 1. The molecule has 0 radical (unpaired) electrons. The molecule has 0 saturated carbocycles. The van der Waals surface area contributed by atoms with Crippen molar-refractivity contribution in [1.82, 2.24) is 5.32 Å². The Bertz CT molecular complexity index is 398. The maximum atomic E-state index is 11.9. The second kappa shape index (κ2) is 7.29. The van der Waals surface area contributed by atoms with E-state index >= 15 is 0 Å². The molecule has 0 spiro atoms. The molecule has 3 N–H and O–H groups in total. The minimum Gasteiger partial charge on any atom is -0.351 e. The van der Waals surface area contributed by atoms with Crippen molar-refractivity contribution in [2.75, 3.05) is 0 Å². The van der Waals surface area contributed by atoms with Crippen LogP contribution in [0.1, 0.15) is 51.2 Å². The molecule has 0 aliphatic heterocycles. The van der Waals surface area contributed by atoms with Gasteiger partial charge < -0.3 is 11.1 Å². The van der Waals surface area contributed by atoms with Gasteiger partial charge in [0.2, 0.25) is 5.91 Å². The molecule has 1 amide bonds. The van der Waals surface area contributed by atoms with Crippen LogP contribution >= 0.6 is 0 Å². The molecule has 2 atom stereocenters. The van der Waals surface area contributed by atoms with Gasteiger partial charge >= 0.3 is 0 Å². The highest BCUT2D eigenvalue weighted by atomic mass is 16.2. The minimum absolute atomic E-state index is 0.0673. The summed E-state index contributed by atoms with van der Waals surface area (Å²) >= 11 is 0. The van der Waals surface area contributed by atoms with Gasteiger partial charge in [0.25, 0.3) is 0 Å². The molecule has 3 nitrogen and oxygen atoms in total. The Labute approximate surface area is 116 Å². The highest BCUT2D eigenvalue weighted by Crippen LogP contribution is 2.14. The molecular weight excluding hydrogens is 236 g/mol. The molecule has 0 bridgehead atoms. The third kappa shape index (κ3) is 4.67. The molecule has 2 unspecified atom stereocenters. The molecular formula is C16H26N2O. The number of benzene rings is 1. The SMILES string of the molecule is CCC(C)C(N)C(=O)NCc1ccc(C(C)C)cc1. The van der Waals surface area contributed by atoms with Gasteiger partial charge in [-0.05, 0) is 23.0 Å². The van der Waals surface area contributed by atoms with Gasteiger partial charge in [0.05, 0.1) is 6.04 Å². The van der Waals surface area contributed by atoms with Crippen LogP contribution in [0.25, 0.3) is 0 Å². The number of nitrogens with one attached hydrogen (secondary N) is 1. The first kappa shape index (κ1) is 15.7. The average Bonchev–Trinajstić information content (AvgIpc) is 2.43. The molecule has 3 heteroatoms. The average molecular weight is 262 g/mol. The van der Waals surface area contributed by atoms with Gasteiger partial charge in [-0.15, -0.1) is 0 Å². The van der Waals surface area contributed by atoms with Crippen LogP contribution in [0.15, 0.2) is 24.3 Å². The van der Waals surface area contributed by atoms with Gasteiger partial charge in [0.15, 0.2) is 0 Å². The lowest BCUT2D eigenvalue weighted by molar-refractivity contribution is -0.123. The van der Waals surface area contributed by atoms with Crippen LogP contribution in [0.3, 0.4) is 0 Å². The third-order valence-electron chi connectivity index (χ3n) is 3.67. The molecule has 0 saturated heterocycles. The lowest BCUT2D eigenvalue weighted by Gasteiger charge is -2.17. The Balaban J connectivity index is 2.50. The lowest BCUT2D eigenvalue weighted by Crippen LogP contribution is -2.44. The van der Waals surface area contributed by atoms with Crippen molar-refractivity contribution in [2.45, 2.75) is 52.6 Å². The molecule has 0 aliphatic carbocycles. The van der Waals surface area contributed by atoms with Gasteiger partial charge in [-0.3, -0.25) is 4.79 Å². The first-order valence-corrected chi connectivity index (χ1v) is 7.07. The standard InChI is InChI=1S/C16H26N2O/c1-5-12(4)15(17)16(19)18-10-13-6-8-14(9-7-13)11(2)3/h6-9,11-12,15H,5,10,17H2,1-4H3,(H,18,19). The number of amides is 1. The van der Waals surface area contributed by atoms with Crippen LogP contribution in [0.5, 0.6) is 0 Å². The summed E-state index contributed by atoms with van der Waals surface area (Å²) in [5.74, 6) is 0.674. The number of hydrogen-bond donors (Lipinski definition) is 2. The van der Waals surface area contributed by atoms with Gasteiger partial charge in [0.1, 0.15) is 0 Å². The molecule has 19 heavy (non-hydrogen) atoms. The fourth-order valence-corrected chi connectivity index (χ4v) is 1.84. The van der Waals surface area contributed by atoms with Crippen LogP contribution < -0.4 is 11.1 Å². The first-order chi connectivity index (χ1) is 8.95. The topological polar surface area (TPSA) is 55.1 Å². The molecule has 1 rings (SSSR count). The van der Waals surface area contributed by atoms with Crippen molar-refractivity contribution < 1.29 is 4.79 Å². The number of hydrogen-bond acceptors (Lipinski definition) is 2. The van der Waals surface area contributed by atoms with E-state index in [0.717, 1.165) is 12.0 Å². The Kier molecular flexibility index (Phi) is 6.03. The molecule has 0 aliphatic rings. The lowest BCUT2D eigenvalue weighted by atomic mass is 9.99. The Morgan fingerprint density at radius 2 is 1.79 bits per heavy atom. The largest absolute Gasteiger partial charge is 0.351 e. The fraction of sp³-hybridized carbons (Fsp3) is 0.562. The summed E-state index contributed by atoms with van der Waals surface area (Å²) in [4.78, 5) is 11.9. The molecule has 1 aromatic rings. The smallest absolute Gasteiger partial charge is 0.237 e. The maximum absolute atomic E-state index is 11.9. The van der Waals surface area contributed by atoms with Crippen molar-refractivity contribution >= 4 is 5.91 Å². The minimum atomic E-state index is -0.417. The summed E-state index contributed by atoms with van der Waals surface area (Å²) in [5.41, 5.74) is 8.30. The second-order valence-electron chi connectivity index (χ2n) is 5.53. The molecule has 106 valence electrons. The summed E-state index contributed by atoms with van der Waals surface area (Å²) in [7, 11) is 0. The van der Waals surface area contributed by atoms with E-state index in [1.54, 1.807) is 0 Å². The summed E-state index contributed by atoms with van der Waals surface area (Å²) in [6.07, 6.45) is 0.914. The second-order valence-corrected chi connectivity index (χ2v) is 5.53. The van der Waals surface area contributed by atoms with Crippen molar-refractivity contribution in [3.05, 3.63) is 35.4 Å². The molecule has 0 fully saturated rings. The van der Waals surface area contributed by atoms with Gasteiger partial charge in [-0.2, -0.15) is 0 Å². The van der Waals surface area contributed by atoms with Crippen molar-refractivity contribution in [3.8, 4) is 0 Å². The van der Waals surface area contributed by atoms with Crippen LogP contribution in [-0.4, -0.2) is 11.9 Å². The Morgan fingerprint density at radius 1 is 1.21 bits per heavy atom. The Morgan fingerprint density at radius 3 is 2.26 bits per heavy atom. The number of nitrogens with two attached hydrogens (primary N) is 1. The number of rotatable bonds is 6. The molecule has 1 aromatic carbocycles. The van der Waals surface area contributed by atoms with Crippen LogP contribution in [0.4, 0.5) is 0 Å². The predicted octanol–water partition coefficient (Wildman–Crippen LogP) is 2.80. The van der Waals surface area contributed by atoms with E-state index in [9.17, 15) is 4.79 Å². The predicted molar refractivity (Wildman–Crippen MR) is 79.8 cm³/mol. The molecule has 0 aromatic heterocycles. The highest BCUT2D eigenvalue weighted by molar-refractivity contribution is 5.81. The number of carbonyl (C=O) groups excluding carboxylic acids is 1. The summed E-state index contributed by atoms with van der Waals surface area (Å²) < 4.78 is 0. The van der Waals surface area contributed by atoms with E-state index in [4.69, 9.17) is 5.73 Å². The summed E-state index contributed by atoms with van der Waals surface area (Å²) in [6, 6.07) is 7.93. The van der Waals surface area contributed by atoms with Crippen LogP contribution in [0, 0.1) is 5.92 Å². The van der Waals surface area contributed by atoms with Crippen molar-refractivity contribution in [1.29, 1.82) is 0 Å². The van der Waals surface area contributed by atoms with Crippen molar-refractivity contribution in [2.24, 2.45) is 11.7 Å². The monoisotopic (exact) mass is 262 g/mol. The van der Waals surface area contributed by atoms with Crippen LogP contribution in [0.2, 0.25) is 0 Å². The zero-order valence-electron chi connectivity index (χ0n) is 12.4. The third-order valence-corrected chi connectivity index (χ3v) is 3.67. The maximum Gasteiger partial charge on any atom is 0.237 e. The van der Waals surface area contributed by atoms with E-state index < -0.39 is 6.04 Å². The van der Waals surface area contributed by atoms with Gasteiger partial charge in [-0.1, -0.05) is 58.4 Å². The van der Waals surface area contributed by atoms with Crippen LogP contribution in [-0.2, 0) is 11.3 Å². The van der Waals surface area contributed by atoms with E-state index in [-0.39, 0.29) is 11.8 Å². The quantitative estimate of drug-likeness (QED) is 0.828.